The van der Waals surface area contributed by atoms with Crippen LogP contribution in [0.4, 0.5) is 10.5 Å². The number of benzene rings is 2. The summed E-state index contributed by atoms with van der Waals surface area (Å²) < 4.78 is 0. The lowest BCUT2D eigenvalue weighted by molar-refractivity contribution is 0.116. The van der Waals surface area contributed by atoms with Gasteiger partial charge in [-0.25, -0.2) is 9.80 Å². The fourth-order valence-corrected chi connectivity index (χ4v) is 2.67. The first-order valence-corrected chi connectivity index (χ1v) is 7.88. The molecule has 0 aliphatic carbocycles. The Labute approximate surface area is 136 Å². The maximum Gasteiger partial charge on any atom is 0.333 e. The number of amides is 2. The molecule has 0 spiro atoms. The summed E-state index contributed by atoms with van der Waals surface area (Å²) >= 11 is 0. The Hall–Kier alpha value is -2.37. The molecule has 1 fully saturated rings. The van der Waals surface area contributed by atoms with Crippen LogP contribution in [0.15, 0.2) is 54.6 Å². The molecule has 2 aromatic carbocycles. The lowest BCUT2D eigenvalue weighted by atomic mass is 10.0. The van der Waals surface area contributed by atoms with Gasteiger partial charge in [0, 0.05) is 31.7 Å². The minimum absolute atomic E-state index is 0.196. The van der Waals surface area contributed by atoms with Gasteiger partial charge in [0.1, 0.15) is 0 Å². The number of para-hydroxylation sites is 1. The number of nitrogens with one attached hydrogen (secondary N) is 2. The number of hydrazine groups is 1. The van der Waals surface area contributed by atoms with Gasteiger partial charge in [0.25, 0.3) is 0 Å². The molecule has 5 heteroatoms. The van der Waals surface area contributed by atoms with Crippen LogP contribution in [0.3, 0.4) is 0 Å². The van der Waals surface area contributed by atoms with E-state index in [1.165, 1.54) is 0 Å². The Balaban J connectivity index is 1.67. The quantitative estimate of drug-likeness (QED) is 0.916. The molecule has 2 aromatic rings. The van der Waals surface area contributed by atoms with Crippen molar-refractivity contribution in [3.8, 4) is 11.1 Å². The number of likely N-dealkylation sites (N-methyl/N-ethyl adjacent to an activating group) is 1. The molecule has 0 atom stereocenters. The number of carbonyl (C=O) groups excluding carboxylic acids is 1. The van der Waals surface area contributed by atoms with E-state index in [2.05, 4.69) is 22.7 Å². The number of nitrogens with zero attached hydrogens (tertiary/aromatic N) is 2. The Morgan fingerprint density at radius 2 is 1.57 bits per heavy atom. The van der Waals surface area contributed by atoms with E-state index in [-0.39, 0.29) is 6.03 Å². The lowest BCUT2D eigenvalue weighted by Crippen LogP contribution is -2.53. The van der Waals surface area contributed by atoms with Gasteiger partial charge >= 0.3 is 6.03 Å². The first-order chi connectivity index (χ1) is 11.2. The molecule has 1 aliphatic heterocycles. The summed E-state index contributed by atoms with van der Waals surface area (Å²) in [6.45, 7) is 3.59. The molecule has 1 aliphatic rings. The van der Waals surface area contributed by atoms with E-state index in [0.717, 1.165) is 43.0 Å². The summed E-state index contributed by atoms with van der Waals surface area (Å²) in [7, 11) is 2.09. The minimum Gasteiger partial charge on any atom is -0.306 e. The fraction of sp³-hybridized carbons (Fsp3) is 0.278. The normalized spacial score (nSPS) is 16.0. The maximum atomic E-state index is 12.3. The van der Waals surface area contributed by atoms with Crippen LogP contribution in [0, 0.1) is 0 Å². The third-order valence-electron chi connectivity index (χ3n) is 4.02. The smallest absolute Gasteiger partial charge is 0.306 e. The van der Waals surface area contributed by atoms with Gasteiger partial charge in [0.2, 0.25) is 0 Å². The van der Waals surface area contributed by atoms with Crippen LogP contribution in [0.2, 0.25) is 0 Å². The zero-order valence-electron chi connectivity index (χ0n) is 13.3. The van der Waals surface area contributed by atoms with E-state index >= 15 is 0 Å². The summed E-state index contributed by atoms with van der Waals surface area (Å²) in [5.74, 6) is 0. The van der Waals surface area contributed by atoms with Gasteiger partial charge in [-0.15, -0.1) is 0 Å². The van der Waals surface area contributed by atoms with Gasteiger partial charge in [-0.05, 0) is 18.7 Å². The van der Waals surface area contributed by atoms with Crippen LogP contribution in [0.5, 0.6) is 0 Å². The van der Waals surface area contributed by atoms with Gasteiger partial charge in [0.15, 0.2) is 0 Å². The Morgan fingerprint density at radius 3 is 2.30 bits per heavy atom. The predicted molar refractivity (Wildman–Crippen MR) is 93.1 cm³/mol. The Bertz CT molecular complexity index is 651. The number of hydrogen-bond acceptors (Lipinski definition) is 3. The first kappa shape index (κ1) is 15.5. The molecule has 23 heavy (non-hydrogen) atoms. The van der Waals surface area contributed by atoms with E-state index in [0.29, 0.717) is 0 Å². The molecule has 2 amide bonds. The molecular formula is C18H22N4O. The predicted octanol–water partition coefficient (Wildman–Crippen LogP) is 2.64. The highest BCUT2D eigenvalue weighted by atomic mass is 16.2. The molecular weight excluding hydrogens is 288 g/mol. The number of carbonyl (C=O) groups is 1. The van der Waals surface area contributed by atoms with E-state index in [4.69, 9.17) is 0 Å². The molecule has 0 saturated carbocycles. The van der Waals surface area contributed by atoms with Crippen molar-refractivity contribution in [2.45, 2.75) is 0 Å². The molecule has 120 valence electrons. The number of anilines is 1. The highest BCUT2D eigenvalue weighted by Gasteiger charge is 2.16. The van der Waals surface area contributed by atoms with Crippen molar-refractivity contribution in [1.82, 2.24) is 15.3 Å². The SMILES string of the molecule is CN1CCN(NC(=O)Nc2ccccc2-c2ccccc2)CC1. The summed E-state index contributed by atoms with van der Waals surface area (Å²) in [5.41, 5.74) is 5.84. The van der Waals surface area contributed by atoms with Gasteiger partial charge in [-0.3, -0.25) is 5.43 Å². The van der Waals surface area contributed by atoms with Gasteiger partial charge in [-0.1, -0.05) is 48.5 Å². The molecule has 2 N–H and O–H groups in total. The van der Waals surface area contributed by atoms with Crippen LogP contribution < -0.4 is 10.7 Å². The van der Waals surface area contributed by atoms with Crippen LogP contribution >= 0.6 is 0 Å². The van der Waals surface area contributed by atoms with Gasteiger partial charge in [0.05, 0.1) is 5.69 Å². The van der Waals surface area contributed by atoms with Crippen LogP contribution in [-0.2, 0) is 0 Å². The van der Waals surface area contributed by atoms with Gasteiger partial charge < -0.3 is 10.2 Å². The highest BCUT2D eigenvalue weighted by molar-refractivity contribution is 5.94. The Kier molecular flexibility index (Phi) is 4.90. The summed E-state index contributed by atoms with van der Waals surface area (Å²) in [6, 6.07) is 17.7. The molecule has 1 saturated heterocycles. The van der Waals surface area contributed by atoms with Crippen molar-refractivity contribution in [3.63, 3.8) is 0 Å². The zero-order chi connectivity index (χ0) is 16.1. The average molecular weight is 310 g/mol. The summed E-state index contributed by atoms with van der Waals surface area (Å²) in [4.78, 5) is 14.5. The number of urea groups is 1. The van der Waals surface area contributed by atoms with Crippen molar-refractivity contribution in [2.24, 2.45) is 0 Å². The van der Waals surface area contributed by atoms with Crippen LogP contribution in [0.1, 0.15) is 0 Å². The first-order valence-electron chi connectivity index (χ1n) is 7.88. The largest absolute Gasteiger partial charge is 0.333 e. The van der Waals surface area contributed by atoms with Crippen molar-refractivity contribution in [1.29, 1.82) is 0 Å². The van der Waals surface area contributed by atoms with Crippen LogP contribution in [0.25, 0.3) is 11.1 Å². The molecule has 0 bridgehead atoms. The van der Waals surface area contributed by atoms with Crippen molar-refractivity contribution in [3.05, 3.63) is 54.6 Å². The second kappa shape index (κ2) is 7.26. The second-order valence-corrected chi connectivity index (χ2v) is 5.77. The molecule has 0 unspecified atom stereocenters. The maximum absolute atomic E-state index is 12.3. The van der Waals surface area contributed by atoms with Gasteiger partial charge in [-0.2, -0.15) is 0 Å². The second-order valence-electron chi connectivity index (χ2n) is 5.77. The molecule has 0 radical (unpaired) electrons. The molecule has 1 heterocycles. The standard InChI is InChI=1S/C18H22N4O/c1-21-11-13-22(14-12-21)20-18(23)19-17-10-6-5-9-16(17)15-7-3-2-4-8-15/h2-10H,11-14H2,1H3,(H2,19,20,23). The third kappa shape index (κ3) is 4.09. The summed E-state index contributed by atoms with van der Waals surface area (Å²) in [5, 5.41) is 4.92. The number of piperazine rings is 1. The zero-order valence-corrected chi connectivity index (χ0v) is 13.3. The average Bonchev–Trinajstić information content (AvgIpc) is 2.58. The minimum atomic E-state index is -0.196. The van der Waals surface area contributed by atoms with E-state index in [1.54, 1.807) is 0 Å². The topological polar surface area (TPSA) is 47.6 Å². The molecule has 3 rings (SSSR count). The third-order valence-corrected chi connectivity index (χ3v) is 4.02. The molecule has 0 aromatic heterocycles. The van der Waals surface area contributed by atoms with E-state index in [1.807, 2.05) is 59.6 Å². The monoisotopic (exact) mass is 310 g/mol. The highest BCUT2D eigenvalue weighted by Crippen LogP contribution is 2.27. The number of rotatable bonds is 3. The van der Waals surface area contributed by atoms with E-state index in [9.17, 15) is 4.79 Å². The van der Waals surface area contributed by atoms with Crippen molar-refractivity contribution in [2.75, 3.05) is 38.5 Å². The fourth-order valence-electron chi connectivity index (χ4n) is 2.67. The van der Waals surface area contributed by atoms with E-state index < -0.39 is 0 Å². The Morgan fingerprint density at radius 1 is 0.913 bits per heavy atom. The van der Waals surface area contributed by atoms with Crippen molar-refractivity contribution >= 4 is 11.7 Å². The molecule has 5 nitrogen and oxygen atoms in total. The van der Waals surface area contributed by atoms with Crippen LogP contribution in [-0.4, -0.2) is 49.2 Å². The number of hydrogen-bond donors (Lipinski definition) is 2. The van der Waals surface area contributed by atoms with Crippen molar-refractivity contribution < 1.29 is 4.79 Å². The summed E-state index contributed by atoms with van der Waals surface area (Å²) in [6.07, 6.45) is 0. The lowest BCUT2D eigenvalue weighted by Gasteiger charge is -2.32.